The minimum atomic E-state index is -0.367. The van der Waals surface area contributed by atoms with Crippen LogP contribution in [0.2, 0.25) is 25.1 Å². The molecule has 0 aliphatic carbocycles. The Labute approximate surface area is 191 Å². The molecule has 6 nitrogen and oxygen atoms in total. The number of carbonyl (C=O) groups is 1. The molecule has 0 saturated carbocycles. The molecule has 0 unspecified atom stereocenters. The van der Waals surface area contributed by atoms with Crippen LogP contribution in [0, 0.1) is 6.92 Å². The predicted octanol–water partition coefficient (Wildman–Crippen LogP) is 6.10. The van der Waals surface area contributed by atoms with Gasteiger partial charge < -0.3 is 14.5 Å². The summed E-state index contributed by atoms with van der Waals surface area (Å²) in [4.78, 5) is 12.3. The summed E-state index contributed by atoms with van der Waals surface area (Å²) in [5.41, 5.74) is 1.88. The van der Waals surface area contributed by atoms with Crippen molar-refractivity contribution >= 4 is 63.9 Å². The van der Waals surface area contributed by atoms with Crippen molar-refractivity contribution in [1.29, 1.82) is 0 Å². The number of nitrogens with one attached hydrogen (secondary N) is 1. The average molecular weight is 498 g/mol. The van der Waals surface area contributed by atoms with E-state index in [1.165, 1.54) is 6.07 Å². The molecule has 29 heavy (non-hydrogen) atoms. The smallest absolute Gasteiger partial charge is 0.287 e. The van der Waals surface area contributed by atoms with Crippen LogP contribution in [0.15, 0.2) is 22.7 Å². The Kier molecular flexibility index (Phi) is 6.91. The quantitative estimate of drug-likeness (QED) is 0.330. The number of rotatable bonds is 6. The van der Waals surface area contributed by atoms with Gasteiger partial charge in [0.2, 0.25) is 0 Å². The number of carbonyl (C=O) groups excluding carboxylic acids is 1. The van der Waals surface area contributed by atoms with Gasteiger partial charge in [-0.25, -0.2) is 0 Å². The van der Waals surface area contributed by atoms with Crippen LogP contribution in [0.1, 0.15) is 27.6 Å². The van der Waals surface area contributed by atoms with Crippen LogP contribution >= 0.6 is 58.0 Å². The van der Waals surface area contributed by atoms with E-state index in [1.54, 1.807) is 16.9 Å². The van der Waals surface area contributed by atoms with Crippen LogP contribution in [0.3, 0.4) is 0 Å². The molecular weight excluding hydrogens is 483 g/mol. The molecule has 3 rings (SSSR count). The Hall–Kier alpha value is -1.57. The molecule has 0 atom stereocenters. The lowest BCUT2D eigenvalue weighted by molar-refractivity contribution is 0.0919. The van der Waals surface area contributed by atoms with Gasteiger partial charge in [0.15, 0.2) is 11.5 Å². The van der Waals surface area contributed by atoms with Crippen molar-refractivity contribution < 1.29 is 13.9 Å². The van der Waals surface area contributed by atoms with Gasteiger partial charge in [-0.05, 0) is 19.1 Å². The Morgan fingerprint density at radius 1 is 1.10 bits per heavy atom. The Morgan fingerprint density at radius 2 is 1.72 bits per heavy atom. The number of furan rings is 1. The Balaban J connectivity index is 1.65. The molecule has 1 N–H and O–H groups in total. The topological polar surface area (TPSA) is 69.3 Å². The molecule has 0 bridgehead atoms. The highest BCUT2D eigenvalue weighted by atomic mass is 35.5. The average Bonchev–Trinajstić information content (AvgIpc) is 3.30. The van der Waals surface area contributed by atoms with Crippen molar-refractivity contribution in [1.82, 2.24) is 15.1 Å². The summed E-state index contributed by atoms with van der Waals surface area (Å²) in [6, 6.07) is 3.14. The third kappa shape index (κ3) is 4.62. The highest BCUT2D eigenvalue weighted by molar-refractivity contribution is 6.55. The first-order valence-corrected chi connectivity index (χ1v) is 10.1. The largest absolute Gasteiger partial charge is 0.482 e. The number of aromatic nitrogens is 2. The highest BCUT2D eigenvalue weighted by Gasteiger charge is 2.21. The number of halogens is 5. The van der Waals surface area contributed by atoms with Crippen LogP contribution in [-0.2, 0) is 20.2 Å². The molecule has 0 aliphatic heterocycles. The van der Waals surface area contributed by atoms with Crippen molar-refractivity contribution in [3.63, 3.8) is 0 Å². The number of benzene rings is 1. The van der Waals surface area contributed by atoms with Gasteiger partial charge in [-0.2, -0.15) is 5.10 Å². The normalized spacial score (nSPS) is 11.0. The Morgan fingerprint density at radius 3 is 2.31 bits per heavy atom. The zero-order valence-corrected chi connectivity index (χ0v) is 18.9. The zero-order valence-electron chi connectivity index (χ0n) is 15.2. The van der Waals surface area contributed by atoms with Crippen LogP contribution in [0.5, 0.6) is 5.75 Å². The molecule has 3 aromatic rings. The van der Waals surface area contributed by atoms with E-state index in [4.69, 9.17) is 67.2 Å². The molecule has 0 spiro atoms. The lowest BCUT2D eigenvalue weighted by atomic mass is 10.2. The van der Waals surface area contributed by atoms with E-state index in [0.717, 1.165) is 11.3 Å². The molecule has 0 aliphatic rings. The number of aryl methyl sites for hydroxylation is 1. The van der Waals surface area contributed by atoms with Gasteiger partial charge in [-0.1, -0.05) is 58.0 Å². The molecule has 154 valence electrons. The summed E-state index contributed by atoms with van der Waals surface area (Å²) in [5, 5.41) is 7.07. The van der Waals surface area contributed by atoms with E-state index in [2.05, 4.69) is 10.4 Å². The number of ether oxygens (including phenoxy) is 1. The Bertz CT molecular complexity index is 1050. The lowest BCUT2D eigenvalue weighted by Gasteiger charge is -2.12. The van der Waals surface area contributed by atoms with Crippen molar-refractivity contribution in [2.45, 2.75) is 20.1 Å². The number of hydrogen-bond acceptors (Lipinski definition) is 4. The van der Waals surface area contributed by atoms with Crippen molar-refractivity contribution in [3.05, 3.63) is 66.2 Å². The van der Waals surface area contributed by atoms with Crippen LogP contribution in [0.25, 0.3) is 0 Å². The molecule has 11 heteroatoms. The van der Waals surface area contributed by atoms with Crippen molar-refractivity contribution in [3.8, 4) is 5.75 Å². The van der Waals surface area contributed by atoms with E-state index in [-0.39, 0.29) is 49.1 Å². The molecule has 0 fully saturated rings. The monoisotopic (exact) mass is 495 g/mol. The summed E-state index contributed by atoms with van der Waals surface area (Å²) in [7, 11) is 1.83. The van der Waals surface area contributed by atoms with Crippen LogP contribution in [-0.4, -0.2) is 15.7 Å². The predicted molar refractivity (Wildman–Crippen MR) is 114 cm³/mol. The highest BCUT2D eigenvalue weighted by Crippen LogP contribution is 2.48. The third-order valence-electron chi connectivity index (χ3n) is 4.19. The minimum Gasteiger partial charge on any atom is -0.482 e. The minimum absolute atomic E-state index is 0.0300. The lowest BCUT2D eigenvalue weighted by Crippen LogP contribution is -2.22. The second kappa shape index (κ2) is 9.06. The maximum atomic E-state index is 12.3. The maximum Gasteiger partial charge on any atom is 0.287 e. The first kappa shape index (κ1) is 22.1. The molecule has 1 aromatic carbocycles. The molecule has 1 amide bonds. The molecular formula is C18H14Cl5N3O3. The standard InChI is InChI=1S/C18H14Cl5N3O3/c1-8-9(6-25-26(8)2)5-24-18(27)11-4-3-10(29-11)7-28-17-15(22)13(20)12(19)14(21)16(17)23/h3-4,6H,5,7H2,1-2H3,(H,24,27). The van der Waals surface area contributed by atoms with Crippen molar-refractivity contribution in [2.75, 3.05) is 0 Å². The van der Waals surface area contributed by atoms with Gasteiger partial charge in [0.05, 0.1) is 21.3 Å². The summed E-state index contributed by atoms with van der Waals surface area (Å²) in [5.74, 6) is 0.215. The van der Waals surface area contributed by atoms with E-state index in [0.29, 0.717) is 12.3 Å². The van der Waals surface area contributed by atoms with E-state index >= 15 is 0 Å². The van der Waals surface area contributed by atoms with Gasteiger partial charge in [0, 0.05) is 24.8 Å². The van der Waals surface area contributed by atoms with Gasteiger partial charge in [0.1, 0.15) is 22.4 Å². The first-order chi connectivity index (χ1) is 13.7. The van der Waals surface area contributed by atoms with Gasteiger partial charge >= 0.3 is 0 Å². The van der Waals surface area contributed by atoms with E-state index < -0.39 is 0 Å². The molecule has 2 aromatic heterocycles. The number of hydrogen-bond donors (Lipinski definition) is 1. The number of amides is 1. The fraction of sp³-hybridized carbons (Fsp3) is 0.222. The summed E-state index contributed by atoms with van der Waals surface area (Å²) < 4.78 is 12.8. The van der Waals surface area contributed by atoms with Crippen LogP contribution < -0.4 is 10.1 Å². The van der Waals surface area contributed by atoms with Gasteiger partial charge in [0.25, 0.3) is 5.91 Å². The number of nitrogens with zero attached hydrogens (tertiary/aromatic N) is 2. The van der Waals surface area contributed by atoms with E-state index in [1.807, 2.05) is 14.0 Å². The summed E-state index contributed by atoms with van der Waals surface area (Å²) in [6.45, 7) is 2.20. The SMILES string of the molecule is Cc1c(CNC(=O)c2ccc(COc3c(Cl)c(Cl)c(Cl)c(Cl)c3Cl)o2)cnn1C. The maximum absolute atomic E-state index is 12.3. The molecule has 2 heterocycles. The van der Waals surface area contributed by atoms with Crippen molar-refractivity contribution in [2.24, 2.45) is 7.05 Å². The fourth-order valence-corrected chi connectivity index (χ4v) is 3.64. The van der Waals surface area contributed by atoms with Gasteiger partial charge in [-0.15, -0.1) is 0 Å². The second-order valence-electron chi connectivity index (χ2n) is 6.02. The summed E-state index contributed by atoms with van der Waals surface area (Å²) in [6.07, 6.45) is 1.70. The molecule has 0 saturated heterocycles. The second-order valence-corrected chi connectivity index (χ2v) is 7.90. The first-order valence-electron chi connectivity index (χ1n) is 8.19. The van der Waals surface area contributed by atoms with Gasteiger partial charge in [-0.3, -0.25) is 9.48 Å². The third-order valence-corrected chi connectivity index (χ3v) is 6.43. The molecule has 0 radical (unpaired) electrons. The fourth-order valence-electron chi connectivity index (χ4n) is 2.41. The zero-order chi connectivity index (χ0) is 21.3. The van der Waals surface area contributed by atoms with E-state index in [9.17, 15) is 4.79 Å². The summed E-state index contributed by atoms with van der Waals surface area (Å²) >= 11 is 30.2. The van der Waals surface area contributed by atoms with Crippen LogP contribution in [0.4, 0.5) is 0 Å².